The highest BCUT2D eigenvalue weighted by Gasteiger charge is 2.18. The van der Waals surface area contributed by atoms with Gasteiger partial charge in [0.1, 0.15) is 4.83 Å². The van der Waals surface area contributed by atoms with Gasteiger partial charge in [-0.2, -0.15) is 0 Å². The summed E-state index contributed by atoms with van der Waals surface area (Å²) in [5, 5.41) is 4.82. The lowest BCUT2D eigenvalue weighted by Gasteiger charge is -2.16. The van der Waals surface area contributed by atoms with Gasteiger partial charge >= 0.3 is 0 Å². The van der Waals surface area contributed by atoms with E-state index in [1.807, 2.05) is 45.9 Å². The van der Waals surface area contributed by atoms with E-state index in [0.717, 1.165) is 20.8 Å². The third-order valence-electron chi connectivity index (χ3n) is 5.21. The van der Waals surface area contributed by atoms with Crippen LogP contribution in [0.2, 0.25) is 5.02 Å². The van der Waals surface area contributed by atoms with E-state index < -0.39 is 0 Å². The number of halogens is 1. The predicted octanol–water partition coefficient (Wildman–Crippen LogP) is 5.12. The molecule has 0 aliphatic carbocycles. The Morgan fingerprint density at radius 2 is 2.09 bits per heavy atom. The zero-order valence-corrected chi connectivity index (χ0v) is 21.1. The quantitative estimate of drug-likeness (QED) is 0.241. The summed E-state index contributed by atoms with van der Waals surface area (Å²) in [5.41, 5.74) is 1.79. The molecular formula is C23H28ClN3O3S2. The van der Waals surface area contributed by atoms with Crippen molar-refractivity contribution in [2.75, 3.05) is 19.0 Å². The molecule has 0 bridgehead atoms. The normalized spacial score (nSPS) is 12.3. The van der Waals surface area contributed by atoms with E-state index in [1.54, 1.807) is 10.6 Å². The Kier molecular flexibility index (Phi) is 8.76. The molecule has 2 heterocycles. The third-order valence-corrected chi connectivity index (χ3v) is 7.63. The molecule has 0 spiro atoms. The number of aryl methyl sites for hydroxylation is 2. The smallest absolute Gasteiger partial charge is 0.263 e. The molecule has 6 nitrogen and oxygen atoms in total. The summed E-state index contributed by atoms with van der Waals surface area (Å²) < 4.78 is 7.11. The van der Waals surface area contributed by atoms with Crippen LogP contribution in [0.5, 0.6) is 0 Å². The molecule has 3 rings (SSSR count). The molecule has 1 atom stereocenters. The molecule has 0 fully saturated rings. The molecule has 32 heavy (non-hydrogen) atoms. The molecule has 3 aromatic rings. The number of hydrogen-bond donors (Lipinski definition) is 1. The number of thioether (sulfide) groups is 1. The standard InChI is InChI=1S/C23H28ClN3O3S2/c1-5-30-12-8-11-27-22(29)20-14(2)16(4)32-21(20)26-23(27)31-13-19(28)25-15(3)17-9-6-7-10-18(17)24/h6-7,9-10,15H,5,8,11-13H2,1-4H3,(H,25,28). The van der Waals surface area contributed by atoms with Gasteiger partial charge in [0.25, 0.3) is 5.56 Å². The van der Waals surface area contributed by atoms with E-state index in [0.29, 0.717) is 41.7 Å². The molecule has 1 N–H and O–H groups in total. The Morgan fingerprint density at radius 3 is 2.81 bits per heavy atom. The number of nitrogens with zero attached hydrogens (tertiary/aromatic N) is 2. The average molecular weight is 494 g/mol. The van der Waals surface area contributed by atoms with Crippen LogP contribution in [-0.4, -0.2) is 34.4 Å². The van der Waals surface area contributed by atoms with Crippen molar-refractivity contribution < 1.29 is 9.53 Å². The van der Waals surface area contributed by atoms with Crippen LogP contribution in [0.1, 0.15) is 42.3 Å². The summed E-state index contributed by atoms with van der Waals surface area (Å²) in [5.74, 6) is 0.0119. The van der Waals surface area contributed by atoms with Crippen molar-refractivity contribution in [3.05, 3.63) is 55.6 Å². The van der Waals surface area contributed by atoms with Crippen LogP contribution in [0, 0.1) is 13.8 Å². The lowest BCUT2D eigenvalue weighted by Crippen LogP contribution is -2.29. The largest absolute Gasteiger partial charge is 0.382 e. The Balaban J connectivity index is 1.78. The van der Waals surface area contributed by atoms with E-state index in [9.17, 15) is 9.59 Å². The summed E-state index contributed by atoms with van der Waals surface area (Å²) in [4.78, 5) is 32.4. The molecule has 1 unspecified atom stereocenters. The van der Waals surface area contributed by atoms with E-state index in [2.05, 4.69) is 5.32 Å². The summed E-state index contributed by atoms with van der Waals surface area (Å²) in [7, 11) is 0. The van der Waals surface area contributed by atoms with Gasteiger partial charge in [0.15, 0.2) is 5.16 Å². The van der Waals surface area contributed by atoms with Gasteiger partial charge in [-0.15, -0.1) is 11.3 Å². The van der Waals surface area contributed by atoms with E-state index >= 15 is 0 Å². The van der Waals surface area contributed by atoms with Gasteiger partial charge in [0.2, 0.25) is 5.91 Å². The topological polar surface area (TPSA) is 73.2 Å². The second-order valence-electron chi connectivity index (χ2n) is 7.46. The van der Waals surface area contributed by atoms with Crippen LogP contribution in [0.25, 0.3) is 10.2 Å². The maximum atomic E-state index is 13.3. The number of amides is 1. The maximum Gasteiger partial charge on any atom is 0.263 e. The SMILES string of the molecule is CCOCCCn1c(SCC(=O)NC(C)c2ccccc2Cl)nc2sc(C)c(C)c2c1=O. The minimum Gasteiger partial charge on any atom is -0.382 e. The Morgan fingerprint density at radius 1 is 1.34 bits per heavy atom. The van der Waals surface area contributed by atoms with Crippen molar-refractivity contribution in [1.29, 1.82) is 0 Å². The van der Waals surface area contributed by atoms with Crippen molar-refractivity contribution >= 4 is 50.8 Å². The monoisotopic (exact) mass is 493 g/mol. The van der Waals surface area contributed by atoms with Crippen LogP contribution in [-0.2, 0) is 16.1 Å². The van der Waals surface area contributed by atoms with Gasteiger partial charge in [-0.05, 0) is 51.3 Å². The Bertz CT molecular complexity index is 1160. The van der Waals surface area contributed by atoms with Crippen molar-refractivity contribution in [2.24, 2.45) is 0 Å². The highest BCUT2D eigenvalue weighted by atomic mass is 35.5. The van der Waals surface area contributed by atoms with Crippen molar-refractivity contribution in [2.45, 2.75) is 51.9 Å². The first-order valence-electron chi connectivity index (χ1n) is 10.6. The highest BCUT2D eigenvalue weighted by Crippen LogP contribution is 2.28. The molecule has 1 amide bonds. The van der Waals surface area contributed by atoms with Crippen LogP contribution >= 0.6 is 34.7 Å². The van der Waals surface area contributed by atoms with Gasteiger partial charge in [-0.25, -0.2) is 4.98 Å². The number of carbonyl (C=O) groups excluding carboxylic acids is 1. The highest BCUT2D eigenvalue weighted by molar-refractivity contribution is 7.99. The molecule has 9 heteroatoms. The number of aromatic nitrogens is 2. The lowest BCUT2D eigenvalue weighted by molar-refractivity contribution is -0.119. The Hall–Kier alpha value is -1.87. The lowest BCUT2D eigenvalue weighted by atomic mass is 10.1. The zero-order chi connectivity index (χ0) is 23.3. The molecule has 2 aromatic heterocycles. The van der Waals surface area contributed by atoms with E-state index in [4.69, 9.17) is 21.3 Å². The van der Waals surface area contributed by atoms with E-state index in [-0.39, 0.29) is 23.3 Å². The van der Waals surface area contributed by atoms with Gasteiger partial charge in [-0.1, -0.05) is 41.6 Å². The summed E-state index contributed by atoms with van der Waals surface area (Å²) in [6.45, 7) is 9.50. The fourth-order valence-corrected chi connectivity index (χ4v) is 5.61. The first-order chi connectivity index (χ1) is 15.3. The summed E-state index contributed by atoms with van der Waals surface area (Å²) in [6.07, 6.45) is 0.701. The second-order valence-corrected chi connectivity index (χ2v) is 10.0. The molecule has 0 saturated carbocycles. The van der Waals surface area contributed by atoms with Gasteiger partial charge in [-0.3, -0.25) is 14.2 Å². The fourth-order valence-electron chi connectivity index (χ4n) is 3.40. The molecule has 0 aliphatic rings. The maximum absolute atomic E-state index is 13.3. The zero-order valence-electron chi connectivity index (χ0n) is 18.7. The first kappa shape index (κ1) is 24.8. The average Bonchev–Trinajstić information content (AvgIpc) is 3.05. The van der Waals surface area contributed by atoms with Crippen molar-refractivity contribution in [3.63, 3.8) is 0 Å². The van der Waals surface area contributed by atoms with Crippen LogP contribution < -0.4 is 10.9 Å². The number of ether oxygens (including phenoxy) is 1. The molecule has 172 valence electrons. The van der Waals surface area contributed by atoms with Crippen molar-refractivity contribution in [1.82, 2.24) is 14.9 Å². The third kappa shape index (κ3) is 5.73. The number of thiophene rings is 1. The Labute approximate surface area is 201 Å². The minimum absolute atomic E-state index is 0.0549. The fraction of sp³-hybridized carbons (Fsp3) is 0.435. The van der Waals surface area contributed by atoms with Crippen LogP contribution in [0.3, 0.4) is 0 Å². The van der Waals surface area contributed by atoms with E-state index in [1.165, 1.54) is 23.1 Å². The predicted molar refractivity (Wildman–Crippen MR) is 133 cm³/mol. The van der Waals surface area contributed by atoms with Crippen LogP contribution in [0.4, 0.5) is 0 Å². The van der Waals surface area contributed by atoms with Crippen LogP contribution in [0.15, 0.2) is 34.2 Å². The number of fused-ring (bicyclic) bond motifs is 1. The molecule has 0 aliphatic heterocycles. The molecular weight excluding hydrogens is 466 g/mol. The molecule has 0 saturated heterocycles. The number of hydrogen-bond acceptors (Lipinski definition) is 6. The number of nitrogens with one attached hydrogen (secondary N) is 1. The number of rotatable bonds is 10. The summed E-state index contributed by atoms with van der Waals surface area (Å²) in [6, 6.07) is 7.23. The number of carbonyl (C=O) groups is 1. The minimum atomic E-state index is -0.219. The second kappa shape index (κ2) is 11.3. The first-order valence-corrected chi connectivity index (χ1v) is 12.8. The van der Waals surface area contributed by atoms with Gasteiger partial charge < -0.3 is 10.1 Å². The van der Waals surface area contributed by atoms with Gasteiger partial charge in [0.05, 0.1) is 17.2 Å². The number of benzene rings is 1. The molecule has 1 aromatic carbocycles. The summed E-state index contributed by atoms with van der Waals surface area (Å²) >= 11 is 9.03. The van der Waals surface area contributed by atoms with Crippen molar-refractivity contribution in [3.8, 4) is 0 Å². The van der Waals surface area contributed by atoms with Gasteiger partial charge in [0, 0.05) is 29.7 Å². The molecule has 0 radical (unpaired) electrons.